The molecule has 1 aromatic carbocycles. The zero-order valence-corrected chi connectivity index (χ0v) is 17.7. The molecular formula is C22H23FN6OS. The maximum Gasteiger partial charge on any atom is 0.237 e. The van der Waals surface area contributed by atoms with Crippen LogP contribution in [0.25, 0.3) is 0 Å². The number of H-pyrrole nitrogens is 1. The van der Waals surface area contributed by atoms with Gasteiger partial charge in [-0.15, -0.1) is 5.10 Å². The Labute approximate surface area is 183 Å². The van der Waals surface area contributed by atoms with Crippen molar-refractivity contribution in [2.45, 2.75) is 61.5 Å². The first-order valence-electron chi connectivity index (χ1n) is 10.8. The standard InChI is InChI=1S/C22H23FN6OS/c23-21-16-11-25-31-19(16)6-5-17(21)26-20-10-18(27-28-20)13-3-4-14(9-13)30-22-15(12-1-2-12)7-8-24-29-22/h5-8,10,12-14,25H,1-4,9,11H2,(H2,26,27,28). The second-order valence-electron chi connectivity index (χ2n) is 8.48. The third-order valence-corrected chi connectivity index (χ3v) is 7.22. The summed E-state index contributed by atoms with van der Waals surface area (Å²) in [6.07, 6.45) is 7.17. The van der Waals surface area contributed by atoms with Gasteiger partial charge in [-0.05, 0) is 68.2 Å². The number of halogens is 1. The molecule has 2 unspecified atom stereocenters. The fourth-order valence-corrected chi connectivity index (χ4v) is 5.30. The van der Waals surface area contributed by atoms with E-state index in [2.05, 4.69) is 30.4 Å². The number of ether oxygens (including phenoxy) is 1. The number of rotatable bonds is 6. The predicted octanol–water partition coefficient (Wildman–Crippen LogP) is 4.79. The molecule has 0 radical (unpaired) electrons. The monoisotopic (exact) mass is 438 g/mol. The fourth-order valence-electron chi connectivity index (χ4n) is 4.51. The molecule has 2 aliphatic carbocycles. The lowest BCUT2D eigenvalue weighted by Crippen LogP contribution is -2.14. The van der Waals surface area contributed by atoms with Crippen LogP contribution in [-0.2, 0) is 6.54 Å². The first-order valence-corrected chi connectivity index (χ1v) is 11.6. The van der Waals surface area contributed by atoms with Crippen LogP contribution in [0, 0.1) is 5.82 Å². The number of hydrogen-bond donors (Lipinski definition) is 3. The zero-order chi connectivity index (χ0) is 20.8. The highest BCUT2D eigenvalue weighted by Gasteiger charge is 2.32. The molecule has 3 aromatic rings. The Hall–Kier alpha value is -2.65. The van der Waals surface area contributed by atoms with Crippen LogP contribution in [0.5, 0.6) is 5.88 Å². The summed E-state index contributed by atoms with van der Waals surface area (Å²) >= 11 is 1.46. The lowest BCUT2D eigenvalue weighted by molar-refractivity contribution is 0.195. The minimum atomic E-state index is -0.218. The lowest BCUT2D eigenvalue weighted by atomic mass is 10.0. The molecule has 2 atom stereocenters. The highest BCUT2D eigenvalue weighted by Crippen LogP contribution is 2.44. The van der Waals surface area contributed by atoms with Crippen LogP contribution in [0.2, 0.25) is 0 Å². The molecule has 2 saturated carbocycles. The van der Waals surface area contributed by atoms with E-state index in [1.807, 2.05) is 18.2 Å². The minimum absolute atomic E-state index is 0.123. The van der Waals surface area contributed by atoms with Crippen molar-refractivity contribution in [3.05, 3.63) is 53.1 Å². The van der Waals surface area contributed by atoms with E-state index in [0.29, 0.717) is 41.3 Å². The normalized spacial score (nSPS) is 22.5. The summed E-state index contributed by atoms with van der Waals surface area (Å²) in [7, 11) is 0. The topological polar surface area (TPSA) is 87.8 Å². The lowest BCUT2D eigenvalue weighted by Gasteiger charge is -2.15. The van der Waals surface area contributed by atoms with Gasteiger partial charge in [0.15, 0.2) is 11.6 Å². The Morgan fingerprint density at radius 1 is 1.13 bits per heavy atom. The van der Waals surface area contributed by atoms with Gasteiger partial charge >= 0.3 is 0 Å². The summed E-state index contributed by atoms with van der Waals surface area (Å²) in [5.74, 6) is 2.02. The average molecular weight is 439 g/mol. The molecule has 160 valence electrons. The molecule has 2 fully saturated rings. The van der Waals surface area contributed by atoms with Crippen LogP contribution in [0.1, 0.15) is 60.8 Å². The van der Waals surface area contributed by atoms with E-state index in [9.17, 15) is 4.39 Å². The second-order valence-corrected chi connectivity index (χ2v) is 9.41. The molecule has 0 bridgehead atoms. The Balaban J connectivity index is 1.12. The largest absolute Gasteiger partial charge is 0.473 e. The Morgan fingerprint density at radius 2 is 2.03 bits per heavy atom. The molecule has 3 aliphatic rings. The molecular weight excluding hydrogens is 415 g/mol. The molecule has 2 aromatic heterocycles. The predicted molar refractivity (Wildman–Crippen MR) is 116 cm³/mol. The third-order valence-electron chi connectivity index (χ3n) is 6.33. The van der Waals surface area contributed by atoms with E-state index in [1.165, 1.54) is 30.4 Å². The quantitative estimate of drug-likeness (QED) is 0.477. The van der Waals surface area contributed by atoms with Gasteiger partial charge in [0.25, 0.3) is 0 Å². The van der Waals surface area contributed by atoms with E-state index >= 15 is 0 Å². The number of aromatic amines is 1. The van der Waals surface area contributed by atoms with E-state index < -0.39 is 0 Å². The molecule has 1 aliphatic heterocycles. The maximum atomic E-state index is 14.7. The molecule has 9 heteroatoms. The Kier molecular flexibility index (Phi) is 4.80. The van der Waals surface area contributed by atoms with Crippen LogP contribution in [-0.4, -0.2) is 26.5 Å². The summed E-state index contributed by atoms with van der Waals surface area (Å²) in [5.41, 5.74) is 3.39. The van der Waals surface area contributed by atoms with E-state index in [-0.39, 0.29) is 11.9 Å². The van der Waals surface area contributed by atoms with Gasteiger partial charge in [-0.1, -0.05) is 0 Å². The van der Waals surface area contributed by atoms with Crippen LogP contribution in [0.3, 0.4) is 0 Å². The fraction of sp³-hybridized carbons (Fsp3) is 0.409. The molecule has 31 heavy (non-hydrogen) atoms. The number of nitrogens with zero attached hydrogens (tertiary/aromatic N) is 3. The third kappa shape index (κ3) is 3.76. The van der Waals surface area contributed by atoms with Gasteiger partial charge in [-0.3, -0.25) is 9.82 Å². The first kappa shape index (κ1) is 19.1. The smallest absolute Gasteiger partial charge is 0.237 e. The van der Waals surface area contributed by atoms with Crippen molar-refractivity contribution in [1.82, 2.24) is 25.1 Å². The summed E-state index contributed by atoms with van der Waals surface area (Å²) in [6, 6.07) is 7.71. The Morgan fingerprint density at radius 3 is 2.94 bits per heavy atom. The molecule has 6 rings (SSSR count). The number of aromatic nitrogens is 4. The average Bonchev–Trinajstić information content (AvgIpc) is 3.16. The summed E-state index contributed by atoms with van der Waals surface area (Å²) in [6.45, 7) is 0.533. The van der Waals surface area contributed by atoms with Crippen molar-refractivity contribution in [2.24, 2.45) is 0 Å². The zero-order valence-electron chi connectivity index (χ0n) is 16.9. The van der Waals surface area contributed by atoms with Gasteiger partial charge in [-0.2, -0.15) is 10.2 Å². The van der Waals surface area contributed by atoms with Crippen molar-refractivity contribution in [1.29, 1.82) is 0 Å². The van der Waals surface area contributed by atoms with Gasteiger partial charge < -0.3 is 10.1 Å². The van der Waals surface area contributed by atoms with Crippen LogP contribution >= 0.6 is 11.9 Å². The minimum Gasteiger partial charge on any atom is -0.473 e. The Bertz CT molecular complexity index is 1120. The summed E-state index contributed by atoms with van der Waals surface area (Å²) in [4.78, 5) is 0.940. The molecule has 3 heterocycles. The van der Waals surface area contributed by atoms with Gasteiger partial charge in [0, 0.05) is 40.2 Å². The van der Waals surface area contributed by atoms with Crippen molar-refractivity contribution >= 4 is 23.5 Å². The number of hydrogen-bond acceptors (Lipinski definition) is 7. The van der Waals surface area contributed by atoms with Gasteiger partial charge in [-0.25, -0.2) is 4.39 Å². The highest BCUT2D eigenvalue weighted by atomic mass is 32.2. The van der Waals surface area contributed by atoms with Crippen LogP contribution < -0.4 is 14.8 Å². The number of benzene rings is 1. The van der Waals surface area contributed by atoms with Crippen LogP contribution in [0.4, 0.5) is 15.9 Å². The highest BCUT2D eigenvalue weighted by molar-refractivity contribution is 7.97. The van der Waals surface area contributed by atoms with Crippen molar-refractivity contribution in [3.8, 4) is 5.88 Å². The molecule has 0 amide bonds. The number of fused-ring (bicyclic) bond motifs is 1. The maximum absolute atomic E-state index is 14.7. The van der Waals surface area contributed by atoms with Gasteiger partial charge in [0.2, 0.25) is 5.88 Å². The number of nitrogens with one attached hydrogen (secondary N) is 3. The van der Waals surface area contributed by atoms with E-state index in [0.717, 1.165) is 29.9 Å². The van der Waals surface area contributed by atoms with Gasteiger partial charge in [0.1, 0.15) is 6.10 Å². The second kappa shape index (κ2) is 7.80. The van der Waals surface area contributed by atoms with Gasteiger partial charge in [0.05, 0.1) is 11.9 Å². The number of anilines is 2. The van der Waals surface area contributed by atoms with Crippen molar-refractivity contribution < 1.29 is 9.13 Å². The summed E-state index contributed by atoms with van der Waals surface area (Å²) < 4.78 is 24.1. The molecule has 0 saturated heterocycles. The SMILES string of the molecule is Fc1c(Nc2cc(C3CCC(Oc4nnccc4C4CC4)C3)[nH]n2)ccc2c1CNS2. The molecule has 0 spiro atoms. The van der Waals surface area contributed by atoms with Crippen LogP contribution in [0.15, 0.2) is 35.4 Å². The van der Waals surface area contributed by atoms with E-state index in [1.54, 1.807) is 12.3 Å². The molecule has 7 nitrogen and oxygen atoms in total. The first-order chi connectivity index (χ1) is 15.2. The molecule has 3 N–H and O–H groups in total. The van der Waals surface area contributed by atoms with Crippen molar-refractivity contribution in [3.63, 3.8) is 0 Å². The van der Waals surface area contributed by atoms with E-state index in [4.69, 9.17) is 4.74 Å². The summed E-state index contributed by atoms with van der Waals surface area (Å²) in [5, 5.41) is 18.9. The van der Waals surface area contributed by atoms with Crippen molar-refractivity contribution in [2.75, 3.05) is 5.32 Å².